The summed E-state index contributed by atoms with van der Waals surface area (Å²) >= 11 is 0. The average Bonchev–Trinajstić information content (AvgIpc) is 2.37. The van der Waals surface area contributed by atoms with E-state index in [2.05, 4.69) is 0 Å². The predicted molar refractivity (Wildman–Crippen MR) is 65.8 cm³/mol. The Balaban J connectivity index is 2.95. The molecular weight excluding hydrogens is 237 g/mol. The zero-order valence-corrected chi connectivity index (χ0v) is 10.8. The van der Waals surface area contributed by atoms with Crippen molar-refractivity contribution in [3.63, 3.8) is 0 Å². The first-order chi connectivity index (χ1) is 8.46. The van der Waals surface area contributed by atoms with Crippen LogP contribution < -0.4 is 10.5 Å². The average molecular weight is 255 g/mol. The van der Waals surface area contributed by atoms with Crippen molar-refractivity contribution in [2.45, 2.75) is 13.3 Å². The molecule has 0 aliphatic heterocycles. The Labute approximate surface area is 106 Å². The van der Waals surface area contributed by atoms with Crippen LogP contribution in [0.4, 0.5) is 4.39 Å². The summed E-state index contributed by atoms with van der Waals surface area (Å²) in [4.78, 5) is 11.7. The fraction of sp³-hybridized carbons (Fsp3) is 0.462. The summed E-state index contributed by atoms with van der Waals surface area (Å²) < 4.78 is 23.1. The minimum absolute atomic E-state index is 0.132. The van der Waals surface area contributed by atoms with Crippen LogP contribution in [-0.2, 0) is 16.0 Å². The normalized spacial score (nSPS) is 13.8. The molecule has 1 aromatic rings. The van der Waals surface area contributed by atoms with Gasteiger partial charge in [0.25, 0.3) is 0 Å². The van der Waals surface area contributed by atoms with Gasteiger partial charge in [-0.3, -0.25) is 4.79 Å². The molecule has 1 aromatic carbocycles. The van der Waals surface area contributed by atoms with E-state index < -0.39 is 17.2 Å². The minimum Gasteiger partial charge on any atom is -0.494 e. The van der Waals surface area contributed by atoms with E-state index in [4.69, 9.17) is 15.2 Å². The van der Waals surface area contributed by atoms with Crippen molar-refractivity contribution in [3.8, 4) is 5.75 Å². The molecule has 0 fully saturated rings. The number of benzene rings is 1. The largest absolute Gasteiger partial charge is 0.494 e. The van der Waals surface area contributed by atoms with E-state index in [9.17, 15) is 9.18 Å². The van der Waals surface area contributed by atoms with Crippen molar-refractivity contribution < 1.29 is 18.7 Å². The van der Waals surface area contributed by atoms with E-state index in [0.29, 0.717) is 12.0 Å². The minimum atomic E-state index is -0.851. The number of halogens is 1. The lowest BCUT2D eigenvalue weighted by molar-refractivity contribution is -0.151. The zero-order valence-electron chi connectivity index (χ0n) is 10.8. The molecule has 0 saturated heterocycles. The molecule has 0 spiro atoms. The molecule has 5 heteroatoms. The third-order valence-corrected chi connectivity index (χ3v) is 2.94. The van der Waals surface area contributed by atoms with Crippen molar-refractivity contribution in [3.05, 3.63) is 29.6 Å². The van der Waals surface area contributed by atoms with Crippen LogP contribution in [0, 0.1) is 11.2 Å². The highest BCUT2D eigenvalue weighted by Gasteiger charge is 2.33. The van der Waals surface area contributed by atoms with E-state index in [1.807, 2.05) is 0 Å². The highest BCUT2D eigenvalue weighted by molar-refractivity contribution is 5.77. The summed E-state index contributed by atoms with van der Waals surface area (Å²) in [7, 11) is 2.71. The second kappa shape index (κ2) is 5.82. The highest BCUT2D eigenvalue weighted by Crippen LogP contribution is 2.26. The molecule has 0 aliphatic rings. The van der Waals surface area contributed by atoms with Gasteiger partial charge in [0.2, 0.25) is 0 Å². The van der Waals surface area contributed by atoms with Crippen LogP contribution in [-0.4, -0.2) is 26.7 Å². The van der Waals surface area contributed by atoms with Gasteiger partial charge in [-0.25, -0.2) is 4.39 Å². The monoisotopic (exact) mass is 255 g/mol. The molecule has 0 heterocycles. The van der Waals surface area contributed by atoms with Gasteiger partial charge in [0.05, 0.1) is 19.6 Å². The molecule has 0 bridgehead atoms. The molecule has 4 nitrogen and oxygen atoms in total. The summed E-state index contributed by atoms with van der Waals surface area (Å²) in [6.45, 7) is 1.83. The molecule has 100 valence electrons. The lowest BCUT2D eigenvalue weighted by Crippen LogP contribution is -2.38. The van der Waals surface area contributed by atoms with Crippen molar-refractivity contribution in [2.24, 2.45) is 11.1 Å². The number of esters is 1. The fourth-order valence-electron chi connectivity index (χ4n) is 1.74. The Morgan fingerprint density at radius 1 is 1.44 bits per heavy atom. The second-order valence-electron chi connectivity index (χ2n) is 4.40. The van der Waals surface area contributed by atoms with Crippen LogP contribution in [0.1, 0.15) is 12.5 Å². The first-order valence-electron chi connectivity index (χ1n) is 5.57. The fourth-order valence-corrected chi connectivity index (χ4v) is 1.74. The van der Waals surface area contributed by atoms with E-state index in [1.54, 1.807) is 13.0 Å². The van der Waals surface area contributed by atoms with Gasteiger partial charge in [0.15, 0.2) is 11.6 Å². The van der Waals surface area contributed by atoms with Gasteiger partial charge in [0, 0.05) is 6.54 Å². The van der Waals surface area contributed by atoms with Crippen LogP contribution in [0.3, 0.4) is 0 Å². The maximum atomic E-state index is 13.5. The Kier molecular flexibility index (Phi) is 4.67. The van der Waals surface area contributed by atoms with Gasteiger partial charge in [-0.15, -0.1) is 0 Å². The van der Waals surface area contributed by atoms with Gasteiger partial charge in [-0.05, 0) is 31.0 Å². The molecule has 18 heavy (non-hydrogen) atoms. The Morgan fingerprint density at radius 2 is 2.11 bits per heavy atom. The number of hydrogen-bond donors (Lipinski definition) is 1. The standard InChI is InChI=1S/C13H18FNO3/c1-13(8-15,12(16)18-3)7-9-4-5-11(17-2)10(14)6-9/h4-6H,7-8,15H2,1-3H3. The van der Waals surface area contributed by atoms with Crippen molar-refractivity contribution in [1.29, 1.82) is 0 Å². The lowest BCUT2D eigenvalue weighted by atomic mass is 9.83. The van der Waals surface area contributed by atoms with Gasteiger partial charge < -0.3 is 15.2 Å². The zero-order chi connectivity index (χ0) is 13.8. The smallest absolute Gasteiger partial charge is 0.313 e. The summed E-state index contributed by atoms with van der Waals surface area (Å²) in [5.74, 6) is -0.688. The first-order valence-corrected chi connectivity index (χ1v) is 5.57. The van der Waals surface area contributed by atoms with Gasteiger partial charge in [-0.1, -0.05) is 6.07 Å². The van der Waals surface area contributed by atoms with Crippen LogP contribution in [0.15, 0.2) is 18.2 Å². The highest BCUT2D eigenvalue weighted by atomic mass is 19.1. The number of nitrogens with two attached hydrogens (primary N) is 1. The molecule has 2 N–H and O–H groups in total. The van der Waals surface area contributed by atoms with Crippen molar-refractivity contribution in [2.75, 3.05) is 20.8 Å². The van der Waals surface area contributed by atoms with Crippen LogP contribution in [0.5, 0.6) is 5.75 Å². The van der Waals surface area contributed by atoms with Crippen molar-refractivity contribution in [1.82, 2.24) is 0 Å². The number of methoxy groups -OCH3 is 2. The van der Waals surface area contributed by atoms with E-state index in [1.165, 1.54) is 26.4 Å². The summed E-state index contributed by atoms with van der Waals surface area (Å²) in [5, 5.41) is 0. The summed E-state index contributed by atoms with van der Waals surface area (Å²) in [5.41, 5.74) is 5.43. The number of carbonyl (C=O) groups excluding carboxylic acids is 1. The summed E-state index contributed by atoms with van der Waals surface area (Å²) in [6, 6.07) is 4.58. The van der Waals surface area contributed by atoms with Gasteiger partial charge >= 0.3 is 5.97 Å². The van der Waals surface area contributed by atoms with E-state index in [-0.39, 0.29) is 12.3 Å². The summed E-state index contributed by atoms with van der Waals surface area (Å²) in [6.07, 6.45) is 0.317. The molecule has 1 atom stereocenters. The molecule has 0 aromatic heterocycles. The number of ether oxygens (including phenoxy) is 2. The molecular formula is C13H18FNO3. The van der Waals surface area contributed by atoms with Gasteiger partial charge in [-0.2, -0.15) is 0 Å². The molecule has 1 rings (SSSR count). The number of hydrogen-bond acceptors (Lipinski definition) is 4. The van der Waals surface area contributed by atoms with Crippen LogP contribution >= 0.6 is 0 Å². The molecule has 1 unspecified atom stereocenters. The predicted octanol–water partition coefficient (Wildman–Crippen LogP) is 1.51. The third-order valence-electron chi connectivity index (χ3n) is 2.94. The first kappa shape index (κ1) is 14.4. The quantitative estimate of drug-likeness (QED) is 0.810. The maximum Gasteiger partial charge on any atom is 0.313 e. The molecule has 0 aliphatic carbocycles. The van der Waals surface area contributed by atoms with Crippen molar-refractivity contribution >= 4 is 5.97 Å². The van der Waals surface area contributed by atoms with E-state index in [0.717, 1.165) is 0 Å². The third kappa shape index (κ3) is 2.98. The molecule has 0 amide bonds. The van der Waals surface area contributed by atoms with Crippen LogP contribution in [0.25, 0.3) is 0 Å². The van der Waals surface area contributed by atoms with E-state index >= 15 is 0 Å². The SMILES string of the molecule is COC(=O)C(C)(CN)Cc1ccc(OC)c(F)c1. The maximum absolute atomic E-state index is 13.5. The van der Waals surface area contributed by atoms with Crippen LogP contribution in [0.2, 0.25) is 0 Å². The van der Waals surface area contributed by atoms with Gasteiger partial charge in [0.1, 0.15) is 0 Å². The Morgan fingerprint density at radius 3 is 2.56 bits per heavy atom. The molecule has 0 saturated carbocycles. The Hall–Kier alpha value is -1.62. The number of carbonyl (C=O) groups is 1. The topological polar surface area (TPSA) is 61.5 Å². The second-order valence-corrected chi connectivity index (χ2v) is 4.40. The Bertz CT molecular complexity index is 436. The lowest BCUT2D eigenvalue weighted by Gasteiger charge is -2.24. The number of rotatable bonds is 5. The molecule has 0 radical (unpaired) electrons.